The zero-order valence-corrected chi connectivity index (χ0v) is 24.6. The van der Waals surface area contributed by atoms with Crippen LogP contribution in [0, 0.1) is 5.92 Å². The van der Waals surface area contributed by atoms with E-state index in [1.54, 1.807) is 30.3 Å². The zero-order chi connectivity index (χ0) is 31.5. The number of ether oxygens (including phenoxy) is 3. The number of carbonyl (C=O) groups is 2. The quantitative estimate of drug-likeness (QED) is 0.220. The number of alkyl halides is 3. The van der Waals surface area contributed by atoms with Crippen molar-refractivity contribution in [2.45, 2.75) is 50.9 Å². The van der Waals surface area contributed by atoms with Crippen LogP contribution in [0.15, 0.2) is 54.6 Å². The monoisotopic (exact) mass is 615 g/mol. The highest BCUT2D eigenvalue weighted by Gasteiger charge is 2.31. The summed E-state index contributed by atoms with van der Waals surface area (Å²) in [5.74, 6) is 0.396. The van der Waals surface area contributed by atoms with Crippen LogP contribution >= 0.6 is 0 Å². The first-order chi connectivity index (χ1) is 21.1. The first-order valence-corrected chi connectivity index (χ1v) is 14.4. The molecule has 2 amide bonds. The van der Waals surface area contributed by atoms with Crippen LogP contribution in [0.3, 0.4) is 0 Å². The van der Waals surface area contributed by atoms with E-state index in [1.165, 1.54) is 44.9 Å². The number of nitrogens with zero attached hydrogens (tertiary/aromatic N) is 2. The highest BCUT2D eigenvalue weighted by molar-refractivity contribution is 5.97. The summed E-state index contributed by atoms with van der Waals surface area (Å²) in [4.78, 5) is 35.1. The summed E-state index contributed by atoms with van der Waals surface area (Å²) < 4.78 is 51.4. The van der Waals surface area contributed by atoms with Crippen molar-refractivity contribution in [2.24, 2.45) is 5.92 Å². The molecule has 1 heterocycles. The van der Waals surface area contributed by atoms with Crippen LogP contribution in [0.5, 0.6) is 17.5 Å². The molecule has 3 N–H and O–H groups in total. The number of carbonyl (C=O) groups excluding carboxylic acids is 2. The molecule has 0 spiro atoms. The molecule has 1 aliphatic carbocycles. The van der Waals surface area contributed by atoms with E-state index in [1.807, 2.05) is 0 Å². The van der Waals surface area contributed by atoms with E-state index in [4.69, 9.17) is 9.47 Å². The molecule has 0 saturated heterocycles. The van der Waals surface area contributed by atoms with Crippen molar-refractivity contribution in [3.8, 4) is 28.9 Å². The molecule has 1 unspecified atom stereocenters. The van der Waals surface area contributed by atoms with Gasteiger partial charge < -0.3 is 30.2 Å². The lowest BCUT2D eigenvalue weighted by atomic mass is 9.84. The van der Waals surface area contributed by atoms with Crippen molar-refractivity contribution in [1.29, 1.82) is 0 Å². The minimum absolute atomic E-state index is 0.245. The highest BCUT2D eigenvalue weighted by Crippen LogP contribution is 2.28. The maximum absolute atomic E-state index is 13.2. The van der Waals surface area contributed by atoms with Gasteiger partial charge in [0.2, 0.25) is 17.7 Å². The molecule has 2 aromatic carbocycles. The van der Waals surface area contributed by atoms with E-state index in [9.17, 15) is 22.8 Å². The molecule has 1 saturated carbocycles. The summed E-state index contributed by atoms with van der Waals surface area (Å²) in [6.45, 7) is 0.573. The Kier molecular flexibility index (Phi) is 11.2. The molecule has 10 nitrogen and oxygen atoms in total. The fourth-order valence-electron chi connectivity index (χ4n) is 5.03. The number of halogens is 3. The molecular formula is C31H36F3N5O5. The Bertz CT molecular complexity index is 1360. The molecule has 236 valence electrons. The largest absolute Gasteiger partial charge is 0.573 e. The summed E-state index contributed by atoms with van der Waals surface area (Å²) in [5.41, 5.74) is 1.61. The average molecular weight is 616 g/mol. The summed E-state index contributed by atoms with van der Waals surface area (Å²) in [6, 6.07) is 12.9. The van der Waals surface area contributed by atoms with E-state index in [2.05, 4.69) is 30.7 Å². The first-order valence-electron chi connectivity index (χ1n) is 14.4. The summed E-state index contributed by atoms with van der Waals surface area (Å²) in [5, 5.41) is 8.82. The van der Waals surface area contributed by atoms with Crippen LogP contribution in [-0.2, 0) is 4.79 Å². The Morgan fingerprint density at radius 1 is 0.909 bits per heavy atom. The number of benzene rings is 2. The second-order valence-corrected chi connectivity index (χ2v) is 10.4. The minimum Gasteiger partial charge on any atom is -0.481 e. The standard InChI is InChI=1S/C31H36F3N5O5/c1-42-26-19-27(43-2)39-28(38-26)21-8-10-22(11-9-21)29(40)37-25(18-20-6-4-3-5-7-20)30(41)36-17-16-35-23-12-14-24(15-13-23)44-31(32,33)34/h8-15,19-20,25,35H,3-7,16-18H2,1-2H3,(H,36,41)(H,37,40). The van der Waals surface area contributed by atoms with Crippen LogP contribution in [0.2, 0.25) is 0 Å². The third kappa shape index (κ3) is 9.75. The van der Waals surface area contributed by atoms with Crippen LogP contribution in [-0.4, -0.2) is 61.5 Å². The average Bonchev–Trinajstić information content (AvgIpc) is 3.03. The van der Waals surface area contributed by atoms with Crippen molar-refractivity contribution in [2.75, 3.05) is 32.6 Å². The summed E-state index contributed by atoms with van der Waals surface area (Å²) in [6.07, 6.45) is 1.16. The van der Waals surface area contributed by atoms with Gasteiger partial charge in [-0.2, -0.15) is 9.97 Å². The second kappa shape index (κ2) is 15.3. The van der Waals surface area contributed by atoms with Gasteiger partial charge in [-0.3, -0.25) is 9.59 Å². The molecular weight excluding hydrogens is 579 g/mol. The Balaban J connectivity index is 1.35. The van der Waals surface area contributed by atoms with Crippen molar-refractivity contribution in [3.63, 3.8) is 0 Å². The maximum atomic E-state index is 13.2. The van der Waals surface area contributed by atoms with Crippen LogP contribution in [0.25, 0.3) is 11.4 Å². The Morgan fingerprint density at radius 3 is 2.14 bits per heavy atom. The number of anilines is 1. The van der Waals surface area contributed by atoms with Gasteiger partial charge in [0.15, 0.2) is 5.82 Å². The van der Waals surface area contributed by atoms with E-state index in [-0.39, 0.29) is 24.1 Å². The topological polar surface area (TPSA) is 124 Å². The second-order valence-electron chi connectivity index (χ2n) is 10.4. The Morgan fingerprint density at radius 2 is 1.55 bits per heavy atom. The van der Waals surface area contributed by atoms with Gasteiger partial charge in [0.1, 0.15) is 11.8 Å². The third-order valence-corrected chi connectivity index (χ3v) is 7.26. The van der Waals surface area contributed by atoms with E-state index in [0.29, 0.717) is 53.3 Å². The fraction of sp³-hybridized carbons (Fsp3) is 0.419. The molecule has 0 bridgehead atoms. The SMILES string of the molecule is COc1cc(OC)nc(-c2ccc(C(=O)NC(CC3CCCCC3)C(=O)NCCNc3ccc(OC(F)(F)F)cc3)cc2)n1. The lowest BCUT2D eigenvalue weighted by Gasteiger charge is -2.26. The number of nitrogens with one attached hydrogen (secondary N) is 3. The van der Waals surface area contributed by atoms with Crippen molar-refractivity contribution < 1.29 is 37.0 Å². The molecule has 44 heavy (non-hydrogen) atoms. The Hall–Kier alpha value is -4.55. The van der Waals surface area contributed by atoms with E-state index in [0.717, 1.165) is 25.7 Å². The number of hydrogen-bond acceptors (Lipinski definition) is 8. The highest BCUT2D eigenvalue weighted by atomic mass is 19.4. The number of hydrogen-bond donors (Lipinski definition) is 3. The molecule has 1 atom stereocenters. The zero-order valence-electron chi connectivity index (χ0n) is 24.6. The van der Waals surface area contributed by atoms with E-state index < -0.39 is 12.4 Å². The van der Waals surface area contributed by atoms with Gasteiger partial charge in [-0.1, -0.05) is 44.2 Å². The normalized spacial score (nSPS) is 14.3. The van der Waals surface area contributed by atoms with Crippen LogP contribution < -0.4 is 30.2 Å². The van der Waals surface area contributed by atoms with Gasteiger partial charge in [-0.15, -0.1) is 13.2 Å². The van der Waals surface area contributed by atoms with Gasteiger partial charge in [0, 0.05) is 29.9 Å². The molecule has 0 radical (unpaired) electrons. The van der Waals surface area contributed by atoms with Gasteiger partial charge in [0.25, 0.3) is 5.91 Å². The van der Waals surface area contributed by atoms with Crippen LogP contribution in [0.1, 0.15) is 48.9 Å². The van der Waals surface area contributed by atoms with Crippen molar-refractivity contribution in [3.05, 3.63) is 60.2 Å². The van der Waals surface area contributed by atoms with Crippen LogP contribution in [0.4, 0.5) is 18.9 Å². The molecule has 1 fully saturated rings. The smallest absolute Gasteiger partial charge is 0.481 e. The summed E-state index contributed by atoms with van der Waals surface area (Å²) >= 11 is 0. The third-order valence-electron chi connectivity index (χ3n) is 7.26. The van der Waals surface area contributed by atoms with Gasteiger partial charge in [-0.05, 0) is 48.7 Å². The van der Waals surface area contributed by atoms with Crippen molar-refractivity contribution >= 4 is 17.5 Å². The fourth-order valence-corrected chi connectivity index (χ4v) is 5.03. The van der Waals surface area contributed by atoms with E-state index >= 15 is 0 Å². The molecule has 13 heteroatoms. The number of rotatable bonds is 13. The number of aromatic nitrogens is 2. The molecule has 3 aromatic rings. The lowest BCUT2D eigenvalue weighted by Crippen LogP contribution is -2.48. The number of methoxy groups -OCH3 is 2. The van der Waals surface area contributed by atoms with Gasteiger partial charge in [0.05, 0.1) is 20.3 Å². The van der Waals surface area contributed by atoms with Gasteiger partial charge >= 0.3 is 6.36 Å². The summed E-state index contributed by atoms with van der Waals surface area (Å²) in [7, 11) is 2.99. The first kappa shape index (κ1) is 32.4. The minimum atomic E-state index is -4.76. The molecule has 4 rings (SSSR count). The van der Waals surface area contributed by atoms with Crippen molar-refractivity contribution in [1.82, 2.24) is 20.6 Å². The number of amides is 2. The predicted octanol–water partition coefficient (Wildman–Crippen LogP) is 5.36. The molecule has 1 aliphatic rings. The molecule has 0 aliphatic heterocycles. The maximum Gasteiger partial charge on any atom is 0.573 e. The molecule has 1 aromatic heterocycles. The predicted molar refractivity (Wildman–Crippen MR) is 158 cm³/mol. The lowest BCUT2D eigenvalue weighted by molar-refractivity contribution is -0.274. The van der Waals surface area contributed by atoms with Gasteiger partial charge in [-0.25, -0.2) is 0 Å². The Labute approximate surface area is 253 Å².